The van der Waals surface area contributed by atoms with Crippen molar-refractivity contribution in [2.24, 2.45) is 11.8 Å². The molecular formula is C20H22N8O2S. The number of anilines is 2. The van der Waals surface area contributed by atoms with Crippen molar-refractivity contribution in [1.82, 2.24) is 24.2 Å². The Kier molecular flexibility index (Phi) is 5.17. The number of H-pyrrole nitrogens is 1. The average molecular weight is 439 g/mol. The largest absolute Gasteiger partial charge is 0.390 e. The lowest BCUT2D eigenvalue weighted by Crippen LogP contribution is -2.34. The number of pyridine rings is 1. The Hall–Kier alpha value is -3.23. The normalized spacial score (nSPS) is 22.5. The first kappa shape index (κ1) is 19.7. The SMILES string of the molecule is [C-]#[N+]c1cnc2[nH]ccc2c1NC1C[C@@H]2CN(C(=O)Nc3nc(COC)ns3)C[C@@H]2C1. The molecule has 4 heterocycles. The van der Waals surface area contributed by atoms with E-state index < -0.39 is 0 Å². The lowest BCUT2D eigenvalue weighted by atomic mass is 10.0. The van der Waals surface area contributed by atoms with Crippen LogP contribution in [0, 0.1) is 18.4 Å². The number of nitrogens with one attached hydrogen (secondary N) is 3. The Morgan fingerprint density at radius 3 is 2.97 bits per heavy atom. The van der Waals surface area contributed by atoms with Gasteiger partial charge in [0.15, 0.2) is 5.82 Å². The molecule has 3 atom stereocenters. The van der Waals surface area contributed by atoms with Gasteiger partial charge in [-0.05, 0) is 30.7 Å². The van der Waals surface area contributed by atoms with Crippen LogP contribution in [0.25, 0.3) is 15.9 Å². The maximum absolute atomic E-state index is 12.6. The third-order valence-corrected chi connectivity index (χ3v) is 6.70. The first-order valence-corrected chi connectivity index (χ1v) is 10.9. The lowest BCUT2D eigenvalue weighted by molar-refractivity contribution is 0.179. The number of hydrogen-bond acceptors (Lipinski definition) is 7. The predicted octanol–water partition coefficient (Wildman–Crippen LogP) is 3.47. The number of methoxy groups -OCH3 is 1. The Balaban J connectivity index is 1.20. The number of likely N-dealkylation sites (tertiary alicyclic amines) is 1. The van der Waals surface area contributed by atoms with E-state index in [2.05, 4.69) is 34.8 Å². The average Bonchev–Trinajstić information content (AvgIpc) is 3.52. The zero-order chi connectivity index (χ0) is 21.4. The van der Waals surface area contributed by atoms with Crippen LogP contribution < -0.4 is 10.6 Å². The van der Waals surface area contributed by atoms with Crippen LogP contribution in [0.5, 0.6) is 0 Å². The van der Waals surface area contributed by atoms with Gasteiger partial charge in [0.05, 0.1) is 12.3 Å². The number of urea groups is 1. The molecule has 2 amide bonds. The molecule has 160 valence electrons. The fraction of sp³-hybridized carbons (Fsp3) is 0.450. The van der Waals surface area contributed by atoms with Gasteiger partial charge in [0, 0.05) is 55.6 Å². The number of nitrogens with zero attached hydrogens (tertiary/aromatic N) is 5. The zero-order valence-electron chi connectivity index (χ0n) is 17.0. The minimum Gasteiger partial charge on any atom is -0.390 e. The van der Waals surface area contributed by atoms with E-state index in [1.54, 1.807) is 13.3 Å². The van der Waals surface area contributed by atoms with E-state index in [0.717, 1.165) is 54.2 Å². The molecule has 0 bridgehead atoms. The van der Waals surface area contributed by atoms with Crippen molar-refractivity contribution in [3.8, 4) is 0 Å². The predicted molar refractivity (Wildman–Crippen MR) is 117 cm³/mol. The summed E-state index contributed by atoms with van der Waals surface area (Å²) in [5.41, 5.74) is 2.17. The molecule has 2 aliphatic rings. The van der Waals surface area contributed by atoms with Crippen LogP contribution in [0.1, 0.15) is 18.7 Å². The molecule has 3 aromatic heterocycles. The second-order valence-corrected chi connectivity index (χ2v) is 8.74. The first-order chi connectivity index (χ1) is 15.1. The van der Waals surface area contributed by atoms with E-state index in [0.29, 0.717) is 35.1 Å². The van der Waals surface area contributed by atoms with E-state index in [9.17, 15) is 4.79 Å². The van der Waals surface area contributed by atoms with Crippen molar-refractivity contribution in [2.45, 2.75) is 25.5 Å². The van der Waals surface area contributed by atoms with Crippen molar-refractivity contribution >= 4 is 45.1 Å². The third-order valence-electron chi connectivity index (χ3n) is 6.03. The number of amides is 2. The van der Waals surface area contributed by atoms with Crippen molar-refractivity contribution in [2.75, 3.05) is 30.8 Å². The van der Waals surface area contributed by atoms with E-state index in [-0.39, 0.29) is 12.1 Å². The van der Waals surface area contributed by atoms with Gasteiger partial charge in [-0.2, -0.15) is 4.37 Å². The number of ether oxygens (including phenoxy) is 1. The van der Waals surface area contributed by atoms with Crippen molar-refractivity contribution in [3.05, 3.63) is 35.7 Å². The maximum atomic E-state index is 12.6. The molecule has 1 saturated heterocycles. The van der Waals surface area contributed by atoms with Gasteiger partial charge < -0.3 is 19.9 Å². The van der Waals surface area contributed by atoms with Gasteiger partial charge in [0.25, 0.3) is 0 Å². The Morgan fingerprint density at radius 2 is 2.23 bits per heavy atom. The van der Waals surface area contributed by atoms with E-state index in [1.807, 2.05) is 17.2 Å². The maximum Gasteiger partial charge on any atom is 0.323 e. The molecule has 0 spiro atoms. The highest BCUT2D eigenvalue weighted by Crippen LogP contribution is 2.41. The summed E-state index contributed by atoms with van der Waals surface area (Å²) in [7, 11) is 1.59. The third kappa shape index (κ3) is 3.80. The molecule has 1 aliphatic heterocycles. The molecule has 3 N–H and O–H groups in total. The van der Waals surface area contributed by atoms with E-state index in [1.165, 1.54) is 0 Å². The summed E-state index contributed by atoms with van der Waals surface area (Å²) in [5, 5.41) is 7.88. The van der Waals surface area contributed by atoms with Crippen LogP contribution >= 0.6 is 11.5 Å². The number of hydrogen-bond donors (Lipinski definition) is 3. The molecule has 10 nitrogen and oxygen atoms in total. The van der Waals surface area contributed by atoms with Crippen LogP contribution in [0.2, 0.25) is 0 Å². The summed E-state index contributed by atoms with van der Waals surface area (Å²) < 4.78 is 9.17. The van der Waals surface area contributed by atoms with Gasteiger partial charge >= 0.3 is 6.03 Å². The fourth-order valence-electron chi connectivity index (χ4n) is 4.68. The number of carbonyl (C=O) groups excluding carboxylic acids is 1. The quantitative estimate of drug-likeness (QED) is 0.526. The molecule has 0 aromatic carbocycles. The Labute approximate surface area is 183 Å². The zero-order valence-corrected chi connectivity index (χ0v) is 17.8. The monoisotopic (exact) mass is 438 g/mol. The van der Waals surface area contributed by atoms with Gasteiger partial charge in [-0.1, -0.05) is 0 Å². The summed E-state index contributed by atoms with van der Waals surface area (Å²) in [6.45, 7) is 9.25. The second kappa shape index (κ2) is 8.13. The minimum atomic E-state index is -0.127. The van der Waals surface area contributed by atoms with E-state index in [4.69, 9.17) is 11.3 Å². The van der Waals surface area contributed by atoms with Gasteiger partial charge in [-0.25, -0.2) is 14.6 Å². The minimum absolute atomic E-state index is 0.127. The smallest absolute Gasteiger partial charge is 0.323 e. The van der Waals surface area contributed by atoms with Crippen LogP contribution in [0.15, 0.2) is 18.5 Å². The van der Waals surface area contributed by atoms with Crippen molar-refractivity contribution < 1.29 is 9.53 Å². The molecule has 3 aromatic rings. The standard InChI is InChI=1S/C20H22N8O2S/c1-21-15-7-23-18-14(3-4-22-18)17(15)24-13-5-11-8-28(9-12(11)6-13)20(29)26-19-25-16(10-30-2)27-31-19/h3-4,7,11-13H,5-6,8-10H2,2H3,(H2,22,23,24)(H,25,26,27,29)/t11-,12+,13?. The van der Waals surface area contributed by atoms with Gasteiger partial charge in [0.1, 0.15) is 12.3 Å². The summed E-state index contributed by atoms with van der Waals surface area (Å²) in [6, 6.07) is 2.10. The number of aromatic amines is 1. The van der Waals surface area contributed by atoms with Crippen molar-refractivity contribution in [3.63, 3.8) is 0 Å². The number of aromatic nitrogens is 4. The van der Waals surface area contributed by atoms with E-state index >= 15 is 0 Å². The summed E-state index contributed by atoms with van der Waals surface area (Å²) in [5.74, 6) is 1.46. The van der Waals surface area contributed by atoms with Gasteiger partial charge in [0.2, 0.25) is 10.8 Å². The Bertz CT molecular complexity index is 1140. The van der Waals surface area contributed by atoms with Crippen LogP contribution in [0.4, 0.5) is 21.3 Å². The van der Waals surface area contributed by atoms with Crippen LogP contribution in [0.3, 0.4) is 0 Å². The highest BCUT2D eigenvalue weighted by Gasteiger charge is 2.42. The lowest BCUT2D eigenvalue weighted by Gasteiger charge is -2.21. The highest BCUT2D eigenvalue weighted by atomic mass is 32.1. The number of carbonyl (C=O) groups is 1. The molecule has 31 heavy (non-hydrogen) atoms. The number of rotatable bonds is 5. The Morgan fingerprint density at radius 1 is 1.42 bits per heavy atom. The molecular weight excluding hydrogens is 416 g/mol. The highest BCUT2D eigenvalue weighted by molar-refractivity contribution is 7.09. The van der Waals surface area contributed by atoms with Gasteiger partial charge in [-0.3, -0.25) is 10.3 Å². The molecule has 0 radical (unpaired) electrons. The van der Waals surface area contributed by atoms with Crippen LogP contribution in [-0.2, 0) is 11.3 Å². The summed E-state index contributed by atoms with van der Waals surface area (Å²) in [6.07, 6.45) is 5.39. The molecule has 5 rings (SSSR count). The van der Waals surface area contributed by atoms with Crippen LogP contribution in [-0.4, -0.2) is 56.5 Å². The topological polar surface area (TPSA) is 112 Å². The molecule has 1 aliphatic carbocycles. The van der Waals surface area contributed by atoms with Gasteiger partial charge in [-0.15, -0.1) is 0 Å². The summed E-state index contributed by atoms with van der Waals surface area (Å²) >= 11 is 1.16. The summed E-state index contributed by atoms with van der Waals surface area (Å²) in [4.78, 5) is 29.8. The molecule has 2 fully saturated rings. The fourth-order valence-corrected chi connectivity index (χ4v) is 5.25. The molecule has 11 heteroatoms. The van der Waals surface area contributed by atoms with Crippen molar-refractivity contribution in [1.29, 1.82) is 0 Å². The first-order valence-electron chi connectivity index (χ1n) is 10.1. The second-order valence-electron chi connectivity index (χ2n) is 7.99. The molecule has 1 saturated carbocycles. The molecule has 1 unspecified atom stereocenters. The number of fused-ring (bicyclic) bond motifs is 2.